The van der Waals surface area contributed by atoms with Crippen molar-refractivity contribution in [3.8, 4) is 0 Å². The molecule has 5 nitrogen and oxygen atoms in total. The van der Waals surface area contributed by atoms with Crippen LogP contribution < -0.4 is 11.1 Å². The Kier molecular flexibility index (Phi) is 4.88. The van der Waals surface area contributed by atoms with Crippen LogP contribution in [-0.4, -0.2) is 30.6 Å². The van der Waals surface area contributed by atoms with Crippen molar-refractivity contribution >= 4 is 5.91 Å². The molecule has 1 aromatic rings. The number of aromatic nitrogens is 1. The summed E-state index contributed by atoms with van der Waals surface area (Å²) in [5.74, 6) is -0.201. The lowest BCUT2D eigenvalue weighted by Crippen LogP contribution is -2.36. The molecule has 1 heterocycles. The summed E-state index contributed by atoms with van der Waals surface area (Å²) in [7, 11) is 1.59. The third-order valence-corrected chi connectivity index (χ3v) is 2.09. The van der Waals surface area contributed by atoms with E-state index in [1.807, 2.05) is 6.92 Å². The third-order valence-electron chi connectivity index (χ3n) is 2.09. The second-order valence-corrected chi connectivity index (χ2v) is 3.59. The molecule has 0 aliphatic rings. The fourth-order valence-electron chi connectivity index (χ4n) is 1.27. The summed E-state index contributed by atoms with van der Waals surface area (Å²) < 4.78 is 4.93. The number of hydrogen-bond donors (Lipinski definition) is 2. The molecule has 1 aromatic heterocycles. The van der Waals surface area contributed by atoms with Crippen molar-refractivity contribution in [3.63, 3.8) is 0 Å². The van der Waals surface area contributed by atoms with Crippen LogP contribution in [0.5, 0.6) is 0 Å². The number of methoxy groups -OCH3 is 1. The van der Waals surface area contributed by atoms with Gasteiger partial charge in [-0.3, -0.25) is 9.78 Å². The summed E-state index contributed by atoms with van der Waals surface area (Å²) in [6, 6.07) is 3.42. The van der Waals surface area contributed by atoms with Crippen LogP contribution >= 0.6 is 0 Å². The largest absolute Gasteiger partial charge is 0.383 e. The van der Waals surface area contributed by atoms with Gasteiger partial charge in [0.1, 0.15) is 5.69 Å². The van der Waals surface area contributed by atoms with Crippen molar-refractivity contribution in [2.75, 3.05) is 13.7 Å². The first-order chi connectivity index (χ1) is 7.67. The van der Waals surface area contributed by atoms with Crippen molar-refractivity contribution in [2.45, 2.75) is 19.5 Å². The van der Waals surface area contributed by atoms with Gasteiger partial charge in [0.05, 0.1) is 6.61 Å². The summed E-state index contributed by atoms with van der Waals surface area (Å²) in [6.45, 7) is 2.78. The maximum absolute atomic E-state index is 11.7. The molecule has 0 radical (unpaired) electrons. The highest BCUT2D eigenvalue weighted by atomic mass is 16.5. The van der Waals surface area contributed by atoms with E-state index in [1.54, 1.807) is 25.4 Å². The molecule has 0 bridgehead atoms. The van der Waals surface area contributed by atoms with Gasteiger partial charge in [-0.05, 0) is 18.6 Å². The zero-order valence-corrected chi connectivity index (χ0v) is 9.56. The van der Waals surface area contributed by atoms with Crippen molar-refractivity contribution in [1.29, 1.82) is 0 Å². The van der Waals surface area contributed by atoms with Crippen LogP contribution in [0, 0.1) is 0 Å². The summed E-state index contributed by atoms with van der Waals surface area (Å²) in [4.78, 5) is 15.7. The minimum atomic E-state index is -0.201. The molecule has 0 aliphatic heterocycles. The van der Waals surface area contributed by atoms with Crippen LogP contribution in [0.3, 0.4) is 0 Å². The van der Waals surface area contributed by atoms with Gasteiger partial charge in [-0.1, -0.05) is 6.07 Å². The fourth-order valence-corrected chi connectivity index (χ4v) is 1.27. The minimum Gasteiger partial charge on any atom is -0.383 e. The zero-order chi connectivity index (χ0) is 12.0. The maximum atomic E-state index is 11.7. The van der Waals surface area contributed by atoms with E-state index in [1.165, 1.54) is 0 Å². The van der Waals surface area contributed by atoms with Crippen LogP contribution in [0.4, 0.5) is 0 Å². The minimum absolute atomic E-state index is 0.0338. The van der Waals surface area contributed by atoms with Crippen molar-refractivity contribution in [3.05, 3.63) is 29.6 Å². The Balaban J connectivity index is 2.59. The summed E-state index contributed by atoms with van der Waals surface area (Å²) in [5, 5.41) is 2.78. The van der Waals surface area contributed by atoms with Gasteiger partial charge in [-0.25, -0.2) is 0 Å². The lowest BCUT2D eigenvalue weighted by Gasteiger charge is -2.12. The average molecular weight is 223 g/mol. The molecule has 88 valence electrons. The van der Waals surface area contributed by atoms with Crippen molar-refractivity contribution in [1.82, 2.24) is 10.3 Å². The molecule has 0 fully saturated rings. The fraction of sp³-hybridized carbons (Fsp3) is 0.455. The number of rotatable bonds is 5. The number of nitrogens with one attached hydrogen (secondary N) is 1. The number of ether oxygens (including phenoxy) is 1. The van der Waals surface area contributed by atoms with Gasteiger partial charge in [0.25, 0.3) is 5.91 Å². The predicted octanol–water partition coefficient (Wildman–Crippen LogP) is 0.305. The Morgan fingerprint density at radius 3 is 2.88 bits per heavy atom. The van der Waals surface area contributed by atoms with E-state index in [-0.39, 0.29) is 11.9 Å². The standard InChI is InChI=1S/C11H17N3O2/c1-8(7-16-2)14-11(15)10-4-3-9(5-12)6-13-10/h3-4,6,8H,5,7,12H2,1-2H3,(H,14,15). The number of pyridine rings is 1. The van der Waals surface area contributed by atoms with E-state index in [2.05, 4.69) is 10.3 Å². The molecule has 0 saturated heterocycles. The quantitative estimate of drug-likeness (QED) is 0.753. The molecule has 3 N–H and O–H groups in total. The average Bonchev–Trinajstić information content (AvgIpc) is 2.29. The SMILES string of the molecule is COCC(C)NC(=O)c1ccc(CN)cn1. The maximum Gasteiger partial charge on any atom is 0.270 e. The Hall–Kier alpha value is -1.46. The number of amides is 1. The van der Waals surface area contributed by atoms with Crippen LogP contribution in [0.1, 0.15) is 23.0 Å². The molecular weight excluding hydrogens is 206 g/mol. The first-order valence-corrected chi connectivity index (χ1v) is 5.12. The zero-order valence-electron chi connectivity index (χ0n) is 9.56. The Morgan fingerprint density at radius 2 is 2.38 bits per heavy atom. The molecule has 5 heteroatoms. The second kappa shape index (κ2) is 6.19. The van der Waals surface area contributed by atoms with Gasteiger partial charge in [-0.15, -0.1) is 0 Å². The number of carbonyl (C=O) groups excluding carboxylic acids is 1. The molecule has 1 unspecified atom stereocenters. The summed E-state index contributed by atoms with van der Waals surface area (Å²) >= 11 is 0. The van der Waals surface area contributed by atoms with Gasteiger partial charge in [0, 0.05) is 25.9 Å². The summed E-state index contributed by atoms with van der Waals surface area (Å²) in [5.41, 5.74) is 6.73. The van der Waals surface area contributed by atoms with Crippen LogP contribution in [0.25, 0.3) is 0 Å². The molecule has 0 spiro atoms. The first-order valence-electron chi connectivity index (χ1n) is 5.12. The lowest BCUT2D eigenvalue weighted by molar-refractivity contribution is 0.0900. The molecule has 16 heavy (non-hydrogen) atoms. The van der Waals surface area contributed by atoms with Crippen LogP contribution in [-0.2, 0) is 11.3 Å². The molecule has 0 aromatic carbocycles. The lowest BCUT2D eigenvalue weighted by atomic mass is 10.2. The molecule has 0 saturated carbocycles. The van der Waals surface area contributed by atoms with E-state index < -0.39 is 0 Å². The van der Waals surface area contributed by atoms with Gasteiger partial charge < -0.3 is 15.8 Å². The Morgan fingerprint density at radius 1 is 1.62 bits per heavy atom. The number of nitrogens with zero attached hydrogens (tertiary/aromatic N) is 1. The van der Waals surface area contributed by atoms with E-state index >= 15 is 0 Å². The Labute approximate surface area is 95.0 Å². The van der Waals surface area contributed by atoms with E-state index in [0.717, 1.165) is 5.56 Å². The van der Waals surface area contributed by atoms with Gasteiger partial charge in [0.15, 0.2) is 0 Å². The van der Waals surface area contributed by atoms with Gasteiger partial charge >= 0.3 is 0 Å². The third kappa shape index (κ3) is 3.60. The van der Waals surface area contributed by atoms with Gasteiger partial charge in [0.2, 0.25) is 0 Å². The second-order valence-electron chi connectivity index (χ2n) is 3.59. The smallest absolute Gasteiger partial charge is 0.270 e. The number of hydrogen-bond acceptors (Lipinski definition) is 4. The molecule has 1 amide bonds. The molecule has 0 aliphatic carbocycles. The highest BCUT2D eigenvalue weighted by Crippen LogP contribution is 1.99. The topological polar surface area (TPSA) is 77.2 Å². The molecule has 1 rings (SSSR count). The number of nitrogens with two attached hydrogens (primary N) is 1. The van der Waals surface area contributed by atoms with Crippen LogP contribution in [0.2, 0.25) is 0 Å². The van der Waals surface area contributed by atoms with Crippen LogP contribution in [0.15, 0.2) is 18.3 Å². The molecular formula is C11H17N3O2. The van der Waals surface area contributed by atoms with E-state index in [4.69, 9.17) is 10.5 Å². The highest BCUT2D eigenvalue weighted by molar-refractivity contribution is 5.92. The van der Waals surface area contributed by atoms with E-state index in [0.29, 0.717) is 18.8 Å². The Bertz CT molecular complexity index is 338. The highest BCUT2D eigenvalue weighted by Gasteiger charge is 2.10. The monoisotopic (exact) mass is 223 g/mol. The first kappa shape index (κ1) is 12.6. The normalized spacial score (nSPS) is 12.2. The van der Waals surface area contributed by atoms with E-state index in [9.17, 15) is 4.79 Å². The number of carbonyl (C=O) groups is 1. The summed E-state index contributed by atoms with van der Waals surface area (Å²) in [6.07, 6.45) is 1.61. The van der Waals surface area contributed by atoms with Crippen molar-refractivity contribution in [2.24, 2.45) is 5.73 Å². The van der Waals surface area contributed by atoms with Gasteiger partial charge in [-0.2, -0.15) is 0 Å². The predicted molar refractivity (Wildman–Crippen MR) is 60.9 cm³/mol. The molecule has 1 atom stereocenters. The van der Waals surface area contributed by atoms with Crippen molar-refractivity contribution < 1.29 is 9.53 Å².